The van der Waals surface area contributed by atoms with Gasteiger partial charge in [-0.25, -0.2) is 4.68 Å². The number of carbonyl (C=O) groups excluding carboxylic acids is 3. The van der Waals surface area contributed by atoms with Crippen LogP contribution in [-0.4, -0.2) is 52.5 Å². The van der Waals surface area contributed by atoms with Crippen LogP contribution in [0.5, 0.6) is 0 Å². The Balaban J connectivity index is 1.68. The van der Waals surface area contributed by atoms with Crippen LogP contribution in [0.2, 0.25) is 0 Å². The Kier molecular flexibility index (Phi) is 6.53. The zero-order valence-corrected chi connectivity index (χ0v) is 18.7. The molecule has 33 heavy (non-hydrogen) atoms. The molecule has 2 heterocycles. The van der Waals surface area contributed by atoms with E-state index in [4.69, 9.17) is 0 Å². The predicted molar refractivity (Wildman–Crippen MR) is 126 cm³/mol. The molecule has 8 nitrogen and oxygen atoms in total. The standard InChI is InChI=1S/C25H27N5O3/c1-3-12-29(2)25(33)18-9-7-8-17(13-18)21-15-22(27-24(32)19-14-23(31)26-16-19)28-30(21)20-10-5-4-6-11-20/h4-11,13,15,19H,3,12,14,16H2,1-2H3,(H,26,31)(H,27,28,32)/t19-/m0/s1. The van der Waals surface area contributed by atoms with Crippen molar-refractivity contribution in [2.75, 3.05) is 25.5 Å². The maximum atomic E-state index is 12.8. The van der Waals surface area contributed by atoms with Crippen LogP contribution in [0.3, 0.4) is 0 Å². The van der Waals surface area contributed by atoms with Gasteiger partial charge in [0.2, 0.25) is 11.8 Å². The fraction of sp³-hybridized carbons (Fsp3) is 0.280. The second-order valence-electron chi connectivity index (χ2n) is 8.16. The third kappa shape index (κ3) is 4.95. The molecular weight excluding hydrogens is 418 g/mol. The summed E-state index contributed by atoms with van der Waals surface area (Å²) < 4.78 is 1.74. The number of nitrogens with one attached hydrogen (secondary N) is 2. The monoisotopic (exact) mass is 445 g/mol. The van der Waals surface area contributed by atoms with Crippen LogP contribution < -0.4 is 10.6 Å². The van der Waals surface area contributed by atoms with Gasteiger partial charge in [-0.2, -0.15) is 0 Å². The largest absolute Gasteiger partial charge is 0.355 e. The molecule has 3 amide bonds. The number of carbonyl (C=O) groups is 3. The van der Waals surface area contributed by atoms with E-state index in [-0.39, 0.29) is 24.1 Å². The third-order valence-corrected chi connectivity index (χ3v) is 5.62. The molecule has 0 aliphatic carbocycles. The molecule has 1 saturated heterocycles. The van der Waals surface area contributed by atoms with Crippen molar-refractivity contribution in [1.29, 1.82) is 0 Å². The van der Waals surface area contributed by atoms with Crippen molar-refractivity contribution in [2.24, 2.45) is 5.92 Å². The number of hydrogen-bond acceptors (Lipinski definition) is 4. The summed E-state index contributed by atoms with van der Waals surface area (Å²) in [5, 5.41) is 10.1. The lowest BCUT2D eigenvalue weighted by Crippen LogP contribution is -2.27. The summed E-state index contributed by atoms with van der Waals surface area (Å²) in [5.74, 6) is -0.449. The molecule has 0 spiro atoms. The predicted octanol–water partition coefficient (Wildman–Crippen LogP) is 3.10. The first-order valence-corrected chi connectivity index (χ1v) is 11.0. The van der Waals surface area contributed by atoms with E-state index in [9.17, 15) is 14.4 Å². The number of rotatable bonds is 7. The summed E-state index contributed by atoms with van der Waals surface area (Å²) in [5.41, 5.74) is 2.96. The van der Waals surface area contributed by atoms with Crippen LogP contribution in [0, 0.1) is 5.92 Å². The average molecular weight is 446 g/mol. The maximum Gasteiger partial charge on any atom is 0.253 e. The van der Waals surface area contributed by atoms with Crippen LogP contribution in [0.1, 0.15) is 30.1 Å². The fourth-order valence-electron chi connectivity index (χ4n) is 3.90. The van der Waals surface area contributed by atoms with Crippen LogP contribution in [0.15, 0.2) is 60.7 Å². The van der Waals surface area contributed by atoms with Crippen molar-refractivity contribution in [3.8, 4) is 16.9 Å². The molecule has 1 aliphatic heterocycles. The van der Waals surface area contributed by atoms with Crippen molar-refractivity contribution in [1.82, 2.24) is 20.0 Å². The van der Waals surface area contributed by atoms with Crippen molar-refractivity contribution in [2.45, 2.75) is 19.8 Å². The van der Waals surface area contributed by atoms with Gasteiger partial charge in [-0.3, -0.25) is 14.4 Å². The SMILES string of the molecule is CCCN(C)C(=O)c1cccc(-c2cc(NC(=O)[C@@H]3CNC(=O)C3)nn2-c2ccccc2)c1. The number of benzene rings is 2. The van der Waals surface area contributed by atoms with Crippen molar-refractivity contribution < 1.29 is 14.4 Å². The first kappa shape index (κ1) is 22.3. The maximum absolute atomic E-state index is 12.8. The second-order valence-corrected chi connectivity index (χ2v) is 8.16. The molecule has 2 aromatic carbocycles. The topological polar surface area (TPSA) is 96.3 Å². The number of hydrogen-bond donors (Lipinski definition) is 2. The summed E-state index contributed by atoms with van der Waals surface area (Å²) in [4.78, 5) is 38.6. The molecule has 1 fully saturated rings. The molecule has 2 N–H and O–H groups in total. The van der Waals surface area contributed by atoms with E-state index >= 15 is 0 Å². The Bertz CT molecular complexity index is 1170. The van der Waals surface area contributed by atoms with Gasteiger partial charge in [0.1, 0.15) is 0 Å². The van der Waals surface area contributed by atoms with Gasteiger partial charge in [0, 0.05) is 43.8 Å². The van der Waals surface area contributed by atoms with Gasteiger partial charge in [-0.1, -0.05) is 37.3 Å². The summed E-state index contributed by atoms with van der Waals surface area (Å²) >= 11 is 0. The van der Waals surface area contributed by atoms with Gasteiger partial charge in [0.15, 0.2) is 5.82 Å². The summed E-state index contributed by atoms with van der Waals surface area (Å²) in [6.45, 7) is 3.04. The zero-order valence-electron chi connectivity index (χ0n) is 18.7. The molecule has 0 unspecified atom stereocenters. The van der Waals surface area contributed by atoms with Crippen molar-refractivity contribution in [3.63, 3.8) is 0 Å². The number of amides is 3. The van der Waals surface area contributed by atoms with Crippen LogP contribution >= 0.6 is 0 Å². The van der Waals surface area contributed by atoms with Crippen LogP contribution in [0.25, 0.3) is 16.9 Å². The lowest BCUT2D eigenvalue weighted by atomic mass is 10.1. The molecule has 8 heteroatoms. The van der Waals surface area contributed by atoms with Gasteiger partial charge >= 0.3 is 0 Å². The van der Waals surface area contributed by atoms with Crippen molar-refractivity contribution >= 4 is 23.5 Å². The molecular formula is C25H27N5O3. The lowest BCUT2D eigenvalue weighted by Gasteiger charge is -2.16. The number of anilines is 1. The molecule has 0 saturated carbocycles. The highest BCUT2D eigenvalue weighted by atomic mass is 16.2. The minimum absolute atomic E-state index is 0.0450. The highest BCUT2D eigenvalue weighted by molar-refractivity contribution is 5.97. The van der Waals surface area contributed by atoms with E-state index < -0.39 is 5.92 Å². The van der Waals surface area contributed by atoms with Gasteiger partial charge in [-0.05, 0) is 30.7 Å². The summed E-state index contributed by atoms with van der Waals surface area (Å²) in [6.07, 6.45) is 1.06. The Morgan fingerprint density at radius 3 is 2.64 bits per heavy atom. The zero-order chi connectivity index (χ0) is 23.4. The first-order valence-electron chi connectivity index (χ1n) is 11.0. The van der Waals surface area contributed by atoms with Crippen molar-refractivity contribution in [3.05, 3.63) is 66.2 Å². The van der Waals surface area contributed by atoms with Gasteiger partial charge in [-0.15, -0.1) is 5.10 Å². The van der Waals surface area contributed by atoms with E-state index in [1.54, 1.807) is 28.8 Å². The summed E-state index contributed by atoms with van der Waals surface area (Å²) in [7, 11) is 1.79. The Hall–Kier alpha value is -3.94. The number of para-hydroxylation sites is 1. The number of nitrogens with zero attached hydrogens (tertiary/aromatic N) is 3. The molecule has 0 bridgehead atoms. The summed E-state index contributed by atoms with van der Waals surface area (Å²) in [6, 6.07) is 18.8. The molecule has 0 radical (unpaired) electrons. The van der Waals surface area contributed by atoms with E-state index in [2.05, 4.69) is 15.7 Å². The van der Waals surface area contributed by atoms with Crippen LogP contribution in [-0.2, 0) is 9.59 Å². The first-order chi connectivity index (χ1) is 16.0. The molecule has 4 rings (SSSR count). The molecule has 1 aromatic heterocycles. The van der Waals surface area contributed by atoms with Gasteiger partial charge in [0.25, 0.3) is 5.91 Å². The minimum Gasteiger partial charge on any atom is -0.355 e. The molecule has 3 aromatic rings. The lowest BCUT2D eigenvalue weighted by molar-refractivity contribution is -0.123. The average Bonchev–Trinajstić information content (AvgIpc) is 3.46. The normalized spacial score (nSPS) is 15.2. The van der Waals surface area contributed by atoms with E-state index in [1.807, 2.05) is 55.5 Å². The Morgan fingerprint density at radius 1 is 1.15 bits per heavy atom. The van der Waals surface area contributed by atoms with Crippen LogP contribution in [0.4, 0.5) is 5.82 Å². The van der Waals surface area contributed by atoms with Gasteiger partial charge in [0.05, 0.1) is 17.3 Å². The minimum atomic E-state index is -0.419. The quantitative estimate of drug-likeness (QED) is 0.584. The number of aromatic nitrogens is 2. The molecule has 1 atom stereocenters. The second kappa shape index (κ2) is 9.68. The smallest absolute Gasteiger partial charge is 0.253 e. The molecule has 1 aliphatic rings. The van der Waals surface area contributed by atoms with Gasteiger partial charge < -0.3 is 15.5 Å². The molecule has 170 valence electrons. The highest BCUT2D eigenvalue weighted by Crippen LogP contribution is 2.27. The van der Waals surface area contributed by atoms with E-state index in [1.165, 1.54) is 0 Å². The third-order valence-electron chi connectivity index (χ3n) is 5.62. The van der Waals surface area contributed by atoms with E-state index in [0.29, 0.717) is 24.5 Å². The highest BCUT2D eigenvalue weighted by Gasteiger charge is 2.28. The van der Waals surface area contributed by atoms with E-state index in [0.717, 1.165) is 23.4 Å². The Morgan fingerprint density at radius 2 is 1.94 bits per heavy atom. The Labute approximate surface area is 192 Å². The fourth-order valence-corrected chi connectivity index (χ4v) is 3.90.